The molecule has 2 aromatic rings. The topological polar surface area (TPSA) is 12.0 Å². The van der Waals surface area contributed by atoms with Crippen molar-refractivity contribution >= 4 is 27.5 Å². The second kappa shape index (κ2) is 6.51. The predicted molar refractivity (Wildman–Crippen MR) is 81.1 cm³/mol. The van der Waals surface area contributed by atoms with Crippen LogP contribution in [-0.2, 0) is 6.42 Å². The molecule has 0 bridgehead atoms. The first-order chi connectivity index (χ1) is 9.10. The van der Waals surface area contributed by atoms with Crippen molar-refractivity contribution in [3.63, 3.8) is 0 Å². The lowest BCUT2D eigenvalue weighted by atomic mass is 9.99. The summed E-state index contributed by atoms with van der Waals surface area (Å²) in [4.78, 5) is 0. The van der Waals surface area contributed by atoms with Crippen molar-refractivity contribution < 1.29 is 4.39 Å². The third-order valence-corrected chi connectivity index (χ3v) is 4.26. The monoisotopic (exact) mass is 341 g/mol. The molecule has 0 fully saturated rings. The molecule has 2 aromatic carbocycles. The van der Waals surface area contributed by atoms with Gasteiger partial charge in [-0.15, -0.1) is 0 Å². The van der Waals surface area contributed by atoms with E-state index in [-0.39, 0.29) is 11.9 Å². The smallest absolute Gasteiger partial charge is 0.123 e. The molecule has 0 spiro atoms. The highest BCUT2D eigenvalue weighted by Gasteiger charge is 2.12. The van der Waals surface area contributed by atoms with Gasteiger partial charge in [0.2, 0.25) is 0 Å². The highest BCUT2D eigenvalue weighted by molar-refractivity contribution is 9.10. The van der Waals surface area contributed by atoms with E-state index in [4.69, 9.17) is 11.6 Å². The SMILES string of the molecule is CNC(Cc1cccc(F)c1)c1ccc(Br)c(Cl)c1. The summed E-state index contributed by atoms with van der Waals surface area (Å²) in [6.45, 7) is 0. The normalized spacial score (nSPS) is 12.4. The molecule has 1 N–H and O–H groups in total. The minimum absolute atomic E-state index is 0.104. The maximum Gasteiger partial charge on any atom is 0.123 e. The maximum absolute atomic E-state index is 13.2. The maximum atomic E-state index is 13.2. The molecule has 0 heterocycles. The van der Waals surface area contributed by atoms with Crippen LogP contribution in [-0.4, -0.2) is 7.05 Å². The Bertz CT molecular complexity index is 574. The number of nitrogens with one attached hydrogen (secondary N) is 1. The first-order valence-electron chi connectivity index (χ1n) is 5.97. The lowest BCUT2D eigenvalue weighted by Gasteiger charge is -2.17. The Kier molecular flexibility index (Phi) is 4.97. The number of hydrogen-bond acceptors (Lipinski definition) is 1. The fourth-order valence-electron chi connectivity index (χ4n) is 2.02. The van der Waals surface area contributed by atoms with Gasteiger partial charge >= 0.3 is 0 Å². The number of benzene rings is 2. The summed E-state index contributed by atoms with van der Waals surface area (Å²) in [6.07, 6.45) is 0.715. The van der Waals surface area contributed by atoms with Crippen LogP contribution in [0, 0.1) is 5.82 Å². The van der Waals surface area contributed by atoms with Gasteiger partial charge in [0.25, 0.3) is 0 Å². The Labute approximate surface area is 125 Å². The Hall–Kier alpha value is -0.900. The van der Waals surface area contributed by atoms with Crippen LogP contribution in [0.15, 0.2) is 46.9 Å². The zero-order chi connectivity index (χ0) is 13.8. The van der Waals surface area contributed by atoms with Gasteiger partial charge in [-0.25, -0.2) is 4.39 Å². The molecule has 0 saturated carbocycles. The van der Waals surface area contributed by atoms with Gasteiger partial charge < -0.3 is 5.32 Å². The molecule has 4 heteroatoms. The molecule has 1 nitrogen and oxygen atoms in total. The molecule has 1 unspecified atom stereocenters. The van der Waals surface area contributed by atoms with Crippen LogP contribution in [0.5, 0.6) is 0 Å². The van der Waals surface area contributed by atoms with Crippen LogP contribution in [0.3, 0.4) is 0 Å². The number of rotatable bonds is 4. The standard InChI is InChI=1S/C15H14BrClFN/c1-19-15(8-10-3-2-4-12(18)7-10)11-5-6-13(16)14(17)9-11/h2-7,9,15,19H,8H2,1H3. The van der Waals surface area contributed by atoms with E-state index < -0.39 is 0 Å². The van der Waals surface area contributed by atoms with E-state index in [0.29, 0.717) is 11.4 Å². The van der Waals surface area contributed by atoms with Gasteiger partial charge in [-0.1, -0.05) is 29.8 Å². The van der Waals surface area contributed by atoms with Crippen LogP contribution in [0.2, 0.25) is 5.02 Å². The van der Waals surface area contributed by atoms with Gasteiger partial charge in [-0.2, -0.15) is 0 Å². The van der Waals surface area contributed by atoms with Crippen molar-refractivity contribution in [2.75, 3.05) is 7.05 Å². The van der Waals surface area contributed by atoms with Crippen LogP contribution in [0.1, 0.15) is 17.2 Å². The molecule has 1 atom stereocenters. The van der Waals surface area contributed by atoms with E-state index in [1.54, 1.807) is 12.1 Å². The van der Waals surface area contributed by atoms with E-state index in [2.05, 4.69) is 21.2 Å². The summed E-state index contributed by atoms with van der Waals surface area (Å²) in [5.74, 6) is -0.207. The molecule has 0 saturated heterocycles. The zero-order valence-corrected chi connectivity index (χ0v) is 12.8. The molecule has 0 radical (unpaired) electrons. The van der Waals surface area contributed by atoms with E-state index in [0.717, 1.165) is 15.6 Å². The summed E-state index contributed by atoms with van der Waals surface area (Å²) >= 11 is 9.48. The Morgan fingerprint density at radius 3 is 2.68 bits per heavy atom. The molecular formula is C15H14BrClFN. The first kappa shape index (κ1) is 14.5. The Morgan fingerprint density at radius 1 is 1.26 bits per heavy atom. The van der Waals surface area contributed by atoms with Gasteiger partial charge in [-0.05, 0) is 64.8 Å². The zero-order valence-electron chi connectivity index (χ0n) is 10.5. The van der Waals surface area contributed by atoms with E-state index in [9.17, 15) is 4.39 Å². The van der Waals surface area contributed by atoms with Gasteiger partial charge in [0.05, 0.1) is 5.02 Å². The van der Waals surface area contributed by atoms with Crippen molar-refractivity contribution in [1.82, 2.24) is 5.32 Å². The highest BCUT2D eigenvalue weighted by Crippen LogP contribution is 2.27. The second-order valence-corrected chi connectivity index (χ2v) is 5.61. The van der Waals surface area contributed by atoms with E-state index >= 15 is 0 Å². The molecule has 0 aliphatic carbocycles. The second-order valence-electron chi connectivity index (χ2n) is 4.35. The first-order valence-corrected chi connectivity index (χ1v) is 7.14. The fourth-order valence-corrected chi connectivity index (χ4v) is 2.45. The van der Waals surface area contributed by atoms with Gasteiger partial charge in [0.15, 0.2) is 0 Å². The summed E-state index contributed by atoms with van der Waals surface area (Å²) in [7, 11) is 1.89. The van der Waals surface area contributed by atoms with E-state index in [1.165, 1.54) is 6.07 Å². The minimum atomic E-state index is -0.207. The van der Waals surface area contributed by atoms with Crippen molar-refractivity contribution in [3.8, 4) is 0 Å². The molecule has 100 valence electrons. The van der Waals surface area contributed by atoms with Crippen LogP contribution in [0.4, 0.5) is 4.39 Å². The summed E-state index contributed by atoms with van der Waals surface area (Å²) in [5, 5.41) is 3.91. The molecule has 0 aliphatic heterocycles. The number of hydrogen-bond donors (Lipinski definition) is 1. The molecular weight excluding hydrogens is 329 g/mol. The van der Waals surface area contributed by atoms with Crippen LogP contribution >= 0.6 is 27.5 Å². The highest BCUT2D eigenvalue weighted by atomic mass is 79.9. The summed E-state index contributed by atoms with van der Waals surface area (Å²) in [6, 6.07) is 12.6. The van der Waals surface area contributed by atoms with E-state index in [1.807, 2.05) is 31.3 Å². The summed E-state index contributed by atoms with van der Waals surface area (Å²) in [5.41, 5.74) is 2.04. The van der Waals surface area contributed by atoms with Gasteiger partial charge in [0, 0.05) is 10.5 Å². The lowest BCUT2D eigenvalue weighted by molar-refractivity contribution is 0.584. The lowest BCUT2D eigenvalue weighted by Crippen LogP contribution is -2.18. The third kappa shape index (κ3) is 3.78. The number of likely N-dealkylation sites (N-methyl/N-ethyl adjacent to an activating group) is 1. The minimum Gasteiger partial charge on any atom is -0.313 e. The average molecular weight is 343 g/mol. The molecule has 0 amide bonds. The van der Waals surface area contributed by atoms with Crippen molar-refractivity contribution in [1.29, 1.82) is 0 Å². The average Bonchev–Trinajstić information content (AvgIpc) is 2.39. The van der Waals surface area contributed by atoms with Gasteiger partial charge in [0.1, 0.15) is 5.82 Å². The quantitative estimate of drug-likeness (QED) is 0.846. The number of halogens is 3. The molecule has 0 aliphatic rings. The predicted octanol–water partition coefficient (Wildman–Crippen LogP) is 4.74. The third-order valence-electron chi connectivity index (χ3n) is 3.02. The molecule has 0 aromatic heterocycles. The summed E-state index contributed by atoms with van der Waals surface area (Å²) < 4.78 is 14.1. The largest absolute Gasteiger partial charge is 0.313 e. The van der Waals surface area contributed by atoms with Crippen molar-refractivity contribution in [2.45, 2.75) is 12.5 Å². The Balaban J connectivity index is 2.22. The van der Waals surface area contributed by atoms with Crippen LogP contribution < -0.4 is 5.32 Å². The molecule has 19 heavy (non-hydrogen) atoms. The van der Waals surface area contributed by atoms with Crippen molar-refractivity contribution in [2.24, 2.45) is 0 Å². The Morgan fingerprint density at radius 2 is 2.05 bits per heavy atom. The van der Waals surface area contributed by atoms with Crippen LogP contribution in [0.25, 0.3) is 0 Å². The molecule has 2 rings (SSSR count). The van der Waals surface area contributed by atoms with Crippen molar-refractivity contribution in [3.05, 3.63) is 68.9 Å². The van der Waals surface area contributed by atoms with Gasteiger partial charge in [-0.3, -0.25) is 0 Å². The fraction of sp³-hybridized carbons (Fsp3) is 0.200.